The molecule has 0 bridgehead atoms. The lowest BCUT2D eigenvalue weighted by Crippen LogP contribution is -2.10. The Bertz CT molecular complexity index is 815. The molecular formula is C18H18N4. The minimum atomic E-state index is 0.641. The van der Waals surface area contributed by atoms with Crippen molar-refractivity contribution in [3.8, 4) is 11.4 Å². The van der Waals surface area contributed by atoms with Gasteiger partial charge in [-0.3, -0.25) is 9.38 Å². The third-order valence-corrected chi connectivity index (χ3v) is 3.41. The van der Waals surface area contributed by atoms with Gasteiger partial charge in [-0.2, -0.15) is 0 Å². The number of aromatic nitrogens is 3. The van der Waals surface area contributed by atoms with Crippen LogP contribution in [-0.2, 0) is 6.54 Å². The first-order chi connectivity index (χ1) is 10.8. The van der Waals surface area contributed by atoms with Crippen LogP contribution < -0.4 is 5.32 Å². The van der Waals surface area contributed by atoms with Crippen molar-refractivity contribution in [1.29, 1.82) is 0 Å². The summed E-state index contributed by atoms with van der Waals surface area (Å²) in [6.07, 6.45) is 9.50. The Labute approximate surface area is 129 Å². The van der Waals surface area contributed by atoms with E-state index in [1.54, 1.807) is 12.4 Å². The molecule has 0 unspecified atom stereocenters. The molecule has 0 radical (unpaired) electrons. The van der Waals surface area contributed by atoms with E-state index in [0.717, 1.165) is 28.3 Å². The van der Waals surface area contributed by atoms with E-state index in [4.69, 9.17) is 4.98 Å². The van der Waals surface area contributed by atoms with E-state index in [-0.39, 0.29) is 0 Å². The van der Waals surface area contributed by atoms with Crippen molar-refractivity contribution in [3.63, 3.8) is 0 Å². The van der Waals surface area contributed by atoms with E-state index in [1.807, 2.05) is 49.5 Å². The van der Waals surface area contributed by atoms with Crippen LogP contribution in [0, 0.1) is 0 Å². The molecule has 0 spiro atoms. The zero-order valence-corrected chi connectivity index (χ0v) is 12.5. The number of nitrogens with one attached hydrogen (secondary N) is 1. The molecule has 0 aliphatic heterocycles. The van der Waals surface area contributed by atoms with Gasteiger partial charge in [0.1, 0.15) is 5.82 Å². The average Bonchev–Trinajstić information content (AvgIpc) is 2.93. The SMILES string of the molecule is C=C(/C=C\C)NCc1nc(-c2ccncc2)n2ccccc12. The molecule has 3 aromatic heterocycles. The summed E-state index contributed by atoms with van der Waals surface area (Å²) in [6, 6.07) is 10.1. The second-order valence-electron chi connectivity index (χ2n) is 4.95. The second-order valence-corrected chi connectivity index (χ2v) is 4.95. The van der Waals surface area contributed by atoms with Crippen LogP contribution in [-0.4, -0.2) is 14.4 Å². The van der Waals surface area contributed by atoms with Crippen molar-refractivity contribution in [2.24, 2.45) is 0 Å². The molecule has 22 heavy (non-hydrogen) atoms. The smallest absolute Gasteiger partial charge is 0.145 e. The van der Waals surface area contributed by atoms with Crippen molar-refractivity contribution in [3.05, 3.63) is 79.0 Å². The number of hydrogen-bond acceptors (Lipinski definition) is 3. The molecule has 0 saturated heterocycles. The van der Waals surface area contributed by atoms with Gasteiger partial charge in [0.05, 0.1) is 17.8 Å². The summed E-state index contributed by atoms with van der Waals surface area (Å²) in [6.45, 7) is 6.58. The van der Waals surface area contributed by atoms with Gasteiger partial charge < -0.3 is 5.32 Å². The molecule has 4 heteroatoms. The monoisotopic (exact) mass is 290 g/mol. The Morgan fingerprint density at radius 3 is 2.86 bits per heavy atom. The highest BCUT2D eigenvalue weighted by atomic mass is 15.0. The summed E-state index contributed by atoms with van der Waals surface area (Å²) in [7, 11) is 0. The largest absolute Gasteiger partial charge is 0.380 e. The molecule has 3 rings (SSSR count). The Morgan fingerprint density at radius 1 is 1.27 bits per heavy atom. The molecule has 110 valence electrons. The van der Waals surface area contributed by atoms with Crippen LogP contribution in [0.25, 0.3) is 16.9 Å². The van der Waals surface area contributed by atoms with Crippen LogP contribution >= 0.6 is 0 Å². The Hall–Kier alpha value is -2.88. The highest BCUT2D eigenvalue weighted by Crippen LogP contribution is 2.22. The zero-order chi connectivity index (χ0) is 15.4. The van der Waals surface area contributed by atoms with Crippen LogP contribution in [0.15, 0.2) is 73.4 Å². The number of imidazole rings is 1. The van der Waals surface area contributed by atoms with Gasteiger partial charge in [-0.1, -0.05) is 18.7 Å². The van der Waals surface area contributed by atoms with Crippen molar-refractivity contribution in [2.75, 3.05) is 0 Å². The average molecular weight is 290 g/mol. The van der Waals surface area contributed by atoms with Gasteiger partial charge in [-0.15, -0.1) is 0 Å². The van der Waals surface area contributed by atoms with E-state index in [0.29, 0.717) is 6.54 Å². The maximum absolute atomic E-state index is 4.80. The first-order valence-electron chi connectivity index (χ1n) is 7.21. The van der Waals surface area contributed by atoms with E-state index < -0.39 is 0 Å². The van der Waals surface area contributed by atoms with Crippen LogP contribution in [0.3, 0.4) is 0 Å². The Balaban J connectivity index is 1.99. The van der Waals surface area contributed by atoms with Crippen molar-refractivity contribution < 1.29 is 0 Å². The molecular weight excluding hydrogens is 272 g/mol. The number of nitrogens with zero attached hydrogens (tertiary/aromatic N) is 3. The van der Waals surface area contributed by atoms with Crippen LogP contribution in [0.4, 0.5) is 0 Å². The van der Waals surface area contributed by atoms with Crippen molar-refractivity contribution in [2.45, 2.75) is 13.5 Å². The molecule has 0 aromatic carbocycles. The minimum Gasteiger partial charge on any atom is -0.380 e. The number of rotatable bonds is 5. The predicted octanol–water partition coefficient (Wildman–Crippen LogP) is 3.58. The third kappa shape index (κ3) is 2.76. The minimum absolute atomic E-state index is 0.641. The highest BCUT2D eigenvalue weighted by molar-refractivity contribution is 5.65. The molecule has 0 amide bonds. The topological polar surface area (TPSA) is 42.2 Å². The fourth-order valence-electron chi connectivity index (χ4n) is 2.39. The van der Waals surface area contributed by atoms with Gasteiger partial charge in [0, 0.05) is 29.9 Å². The summed E-state index contributed by atoms with van der Waals surface area (Å²) >= 11 is 0. The highest BCUT2D eigenvalue weighted by Gasteiger charge is 2.11. The van der Waals surface area contributed by atoms with E-state index in [2.05, 4.69) is 27.3 Å². The number of allylic oxidation sites excluding steroid dienone is 2. The fraction of sp³-hybridized carbons (Fsp3) is 0.111. The molecule has 4 nitrogen and oxygen atoms in total. The molecule has 3 aromatic rings. The van der Waals surface area contributed by atoms with E-state index >= 15 is 0 Å². The molecule has 0 aliphatic rings. The third-order valence-electron chi connectivity index (χ3n) is 3.41. The van der Waals surface area contributed by atoms with Crippen LogP contribution in [0.2, 0.25) is 0 Å². The lowest BCUT2D eigenvalue weighted by molar-refractivity contribution is 0.821. The number of fused-ring (bicyclic) bond motifs is 1. The fourth-order valence-corrected chi connectivity index (χ4v) is 2.39. The first-order valence-corrected chi connectivity index (χ1v) is 7.21. The van der Waals surface area contributed by atoms with E-state index in [1.165, 1.54) is 0 Å². The lowest BCUT2D eigenvalue weighted by Gasteiger charge is -2.03. The van der Waals surface area contributed by atoms with Crippen molar-refractivity contribution >= 4 is 5.52 Å². The summed E-state index contributed by atoms with van der Waals surface area (Å²) in [5.41, 5.74) is 4.02. The normalized spacial score (nSPS) is 11.1. The summed E-state index contributed by atoms with van der Waals surface area (Å²) in [5, 5.41) is 3.29. The molecule has 0 saturated carbocycles. The molecule has 3 heterocycles. The quantitative estimate of drug-likeness (QED) is 0.730. The molecule has 0 atom stereocenters. The van der Waals surface area contributed by atoms with Gasteiger partial charge in [0.15, 0.2) is 0 Å². The van der Waals surface area contributed by atoms with Gasteiger partial charge in [-0.05, 0) is 37.3 Å². The summed E-state index contributed by atoms with van der Waals surface area (Å²) in [4.78, 5) is 8.87. The maximum atomic E-state index is 4.80. The van der Waals surface area contributed by atoms with Crippen LogP contribution in [0.1, 0.15) is 12.6 Å². The number of hydrogen-bond donors (Lipinski definition) is 1. The second kappa shape index (κ2) is 6.26. The van der Waals surface area contributed by atoms with Gasteiger partial charge >= 0.3 is 0 Å². The van der Waals surface area contributed by atoms with Gasteiger partial charge in [0.2, 0.25) is 0 Å². The van der Waals surface area contributed by atoms with E-state index in [9.17, 15) is 0 Å². The summed E-state index contributed by atoms with van der Waals surface area (Å²) < 4.78 is 2.10. The van der Waals surface area contributed by atoms with Gasteiger partial charge in [-0.25, -0.2) is 4.98 Å². The number of pyridine rings is 2. The molecule has 0 aliphatic carbocycles. The molecule has 0 fully saturated rings. The zero-order valence-electron chi connectivity index (χ0n) is 12.5. The summed E-state index contributed by atoms with van der Waals surface area (Å²) in [5.74, 6) is 0.923. The van der Waals surface area contributed by atoms with Gasteiger partial charge in [0.25, 0.3) is 0 Å². The molecule has 1 N–H and O–H groups in total. The Kier molecular flexibility index (Phi) is 4.01. The van der Waals surface area contributed by atoms with Crippen molar-refractivity contribution in [1.82, 2.24) is 19.7 Å². The maximum Gasteiger partial charge on any atom is 0.145 e. The first kappa shape index (κ1) is 14.1. The Morgan fingerprint density at radius 2 is 2.09 bits per heavy atom. The standard InChI is InChI=1S/C18H18N4/c1-3-6-14(2)20-13-16-17-7-4-5-12-22(17)18(21-16)15-8-10-19-11-9-15/h3-12,20H,2,13H2,1H3/b6-3-. The van der Waals surface area contributed by atoms with Crippen LogP contribution in [0.5, 0.6) is 0 Å². The predicted molar refractivity (Wildman–Crippen MR) is 89.2 cm³/mol. The lowest BCUT2D eigenvalue weighted by atomic mass is 10.2.